The van der Waals surface area contributed by atoms with Crippen LogP contribution in [0.1, 0.15) is 24.0 Å². The van der Waals surface area contributed by atoms with Gasteiger partial charge in [0, 0.05) is 23.7 Å². The second-order valence-electron chi connectivity index (χ2n) is 6.75. The predicted octanol–water partition coefficient (Wildman–Crippen LogP) is 2.10. The van der Waals surface area contributed by atoms with Crippen LogP contribution in [0.15, 0.2) is 24.3 Å². The summed E-state index contributed by atoms with van der Waals surface area (Å²) in [6.07, 6.45) is 7.24. The second kappa shape index (κ2) is 8.06. The van der Waals surface area contributed by atoms with Crippen LogP contribution in [0.5, 0.6) is 5.75 Å². The van der Waals surface area contributed by atoms with E-state index in [0.29, 0.717) is 29.2 Å². The molecule has 3 N–H and O–H groups in total. The quantitative estimate of drug-likeness (QED) is 0.697. The maximum atomic E-state index is 10.9. The summed E-state index contributed by atoms with van der Waals surface area (Å²) in [5.41, 5.74) is 2.64. The van der Waals surface area contributed by atoms with E-state index >= 15 is 0 Å². The second-order valence-corrected chi connectivity index (χ2v) is 6.75. The Labute approximate surface area is 158 Å². The van der Waals surface area contributed by atoms with Crippen LogP contribution in [0.3, 0.4) is 0 Å². The van der Waals surface area contributed by atoms with Crippen LogP contribution >= 0.6 is 0 Å². The number of anilines is 1. The molecule has 1 saturated heterocycles. The van der Waals surface area contributed by atoms with Gasteiger partial charge in [0.25, 0.3) is 0 Å². The molecule has 1 atom stereocenters. The van der Waals surface area contributed by atoms with E-state index in [0.717, 1.165) is 24.9 Å². The molecule has 1 aliphatic heterocycles. The number of phenols is 1. The summed E-state index contributed by atoms with van der Waals surface area (Å²) >= 11 is 0. The largest absolute Gasteiger partial charge is 0.507 e. The van der Waals surface area contributed by atoms with E-state index in [1.54, 1.807) is 12.1 Å². The number of carboxylic acids is 1. The number of aryl methyl sites for hydroxylation is 1. The lowest BCUT2D eigenvalue weighted by Crippen LogP contribution is -2.44. The van der Waals surface area contributed by atoms with Gasteiger partial charge in [-0.15, -0.1) is 16.6 Å². The normalized spacial score (nSPS) is 17.3. The predicted molar refractivity (Wildman–Crippen MR) is 103 cm³/mol. The van der Waals surface area contributed by atoms with Gasteiger partial charge in [0.15, 0.2) is 0 Å². The Kier molecular flexibility index (Phi) is 5.57. The van der Waals surface area contributed by atoms with Crippen molar-refractivity contribution >= 4 is 11.8 Å². The zero-order valence-corrected chi connectivity index (χ0v) is 15.1. The van der Waals surface area contributed by atoms with E-state index in [1.165, 1.54) is 6.07 Å². The van der Waals surface area contributed by atoms with Gasteiger partial charge < -0.3 is 15.5 Å². The summed E-state index contributed by atoms with van der Waals surface area (Å²) in [7, 11) is 0. The van der Waals surface area contributed by atoms with Crippen molar-refractivity contribution in [2.75, 3.05) is 25.0 Å². The van der Waals surface area contributed by atoms with Crippen LogP contribution in [0.2, 0.25) is 0 Å². The van der Waals surface area contributed by atoms with Gasteiger partial charge in [0.2, 0.25) is 0 Å². The number of hydrogen-bond acceptors (Lipinski definition) is 6. The Morgan fingerprint density at radius 3 is 2.89 bits per heavy atom. The molecule has 1 fully saturated rings. The number of likely N-dealkylation sites (tertiary alicyclic amines) is 1. The Bertz CT molecular complexity index is 891. The van der Waals surface area contributed by atoms with Crippen LogP contribution in [-0.2, 0) is 4.79 Å². The first-order valence-electron chi connectivity index (χ1n) is 8.81. The first-order valence-corrected chi connectivity index (χ1v) is 8.81. The topological polar surface area (TPSA) is 98.6 Å². The third-order valence-electron chi connectivity index (χ3n) is 4.62. The van der Waals surface area contributed by atoms with E-state index in [-0.39, 0.29) is 18.3 Å². The van der Waals surface area contributed by atoms with Crippen molar-refractivity contribution in [1.82, 2.24) is 15.1 Å². The standard InChI is InChI=1S/C20H22N4O3/c1-3-14-6-7-16(17(25)10-14)20-13(2)9-18(22-23-20)21-15-5-4-8-24(11-15)12-19(26)27/h1,6-7,9-10,15,25H,4-5,8,11-12H2,2H3,(H,21,22)(H,26,27). The maximum Gasteiger partial charge on any atom is 0.317 e. The molecule has 1 unspecified atom stereocenters. The average molecular weight is 366 g/mol. The summed E-state index contributed by atoms with van der Waals surface area (Å²) in [4.78, 5) is 12.8. The van der Waals surface area contributed by atoms with E-state index < -0.39 is 5.97 Å². The van der Waals surface area contributed by atoms with Gasteiger partial charge >= 0.3 is 5.97 Å². The van der Waals surface area contributed by atoms with Crippen molar-refractivity contribution in [2.45, 2.75) is 25.8 Å². The fourth-order valence-electron chi connectivity index (χ4n) is 3.36. The highest BCUT2D eigenvalue weighted by Crippen LogP contribution is 2.31. The molecule has 1 aliphatic rings. The summed E-state index contributed by atoms with van der Waals surface area (Å²) < 4.78 is 0. The van der Waals surface area contributed by atoms with Gasteiger partial charge in [-0.25, -0.2) is 0 Å². The number of aromatic hydroxyl groups is 1. The molecular formula is C20H22N4O3. The number of nitrogens with one attached hydrogen (secondary N) is 1. The molecule has 0 aliphatic carbocycles. The van der Waals surface area contributed by atoms with E-state index in [2.05, 4.69) is 21.4 Å². The molecular weight excluding hydrogens is 344 g/mol. The maximum absolute atomic E-state index is 10.9. The molecule has 0 amide bonds. The lowest BCUT2D eigenvalue weighted by atomic mass is 10.0. The van der Waals surface area contributed by atoms with E-state index in [1.807, 2.05) is 17.9 Å². The molecule has 1 aromatic heterocycles. The van der Waals surface area contributed by atoms with Gasteiger partial charge in [-0.1, -0.05) is 5.92 Å². The number of benzene rings is 1. The number of terminal acetylenes is 1. The van der Waals surface area contributed by atoms with E-state index in [9.17, 15) is 9.90 Å². The van der Waals surface area contributed by atoms with Crippen molar-refractivity contribution < 1.29 is 15.0 Å². The van der Waals surface area contributed by atoms with E-state index in [4.69, 9.17) is 11.5 Å². The minimum atomic E-state index is -0.814. The molecule has 0 spiro atoms. The van der Waals surface area contributed by atoms with Crippen LogP contribution in [0.25, 0.3) is 11.3 Å². The van der Waals surface area contributed by atoms with Crippen LogP contribution < -0.4 is 5.32 Å². The number of rotatable bonds is 5. The van der Waals surface area contributed by atoms with Crippen LogP contribution in [0, 0.1) is 19.3 Å². The van der Waals surface area contributed by atoms with Crippen molar-refractivity contribution in [3.05, 3.63) is 35.4 Å². The monoisotopic (exact) mass is 366 g/mol. The number of phenolic OH excluding ortho intramolecular Hbond substituents is 1. The zero-order valence-electron chi connectivity index (χ0n) is 15.1. The number of carboxylic acid groups (broad SMARTS) is 1. The van der Waals surface area contributed by atoms with Crippen LogP contribution in [-0.4, -0.2) is 57.0 Å². The Morgan fingerprint density at radius 1 is 1.41 bits per heavy atom. The molecule has 2 aromatic rings. The summed E-state index contributed by atoms with van der Waals surface area (Å²) in [6.45, 7) is 3.40. The lowest BCUT2D eigenvalue weighted by Gasteiger charge is -2.32. The number of nitrogens with zero attached hydrogens (tertiary/aromatic N) is 3. The number of carbonyl (C=O) groups is 1. The number of piperidine rings is 1. The molecule has 2 heterocycles. The highest BCUT2D eigenvalue weighted by Gasteiger charge is 2.22. The molecule has 140 valence electrons. The van der Waals surface area contributed by atoms with Gasteiger partial charge in [-0.2, -0.15) is 0 Å². The van der Waals surface area contributed by atoms with Gasteiger partial charge in [0.1, 0.15) is 11.6 Å². The summed E-state index contributed by atoms with van der Waals surface area (Å²) in [5.74, 6) is 2.38. The van der Waals surface area contributed by atoms with Crippen LogP contribution in [0.4, 0.5) is 5.82 Å². The first kappa shape index (κ1) is 18.7. The third kappa shape index (κ3) is 4.54. The average Bonchev–Trinajstić information content (AvgIpc) is 2.62. The minimum absolute atomic E-state index is 0.0504. The highest BCUT2D eigenvalue weighted by molar-refractivity contribution is 5.71. The fourth-order valence-corrected chi connectivity index (χ4v) is 3.36. The fraction of sp³-hybridized carbons (Fsp3) is 0.350. The number of aliphatic carboxylic acids is 1. The SMILES string of the molecule is C#Cc1ccc(-c2nnc(NC3CCCN(CC(=O)O)C3)cc2C)c(O)c1. The number of hydrogen-bond donors (Lipinski definition) is 3. The molecule has 7 heteroatoms. The first-order chi connectivity index (χ1) is 13.0. The molecule has 0 radical (unpaired) electrons. The molecule has 0 saturated carbocycles. The molecule has 1 aromatic carbocycles. The van der Waals surface area contributed by atoms with Crippen molar-refractivity contribution in [1.29, 1.82) is 0 Å². The number of aromatic nitrogens is 2. The third-order valence-corrected chi connectivity index (χ3v) is 4.62. The zero-order chi connectivity index (χ0) is 19.4. The minimum Gasteiger partial charge on any atom is -0.507 e. The molecule has 7 nitrogen and oxygen atoms in total. The van der Waals surface area contributed by atoms with Gasteiger partial charge in [-0.05, 0) is 56.1 Å². The van der Waals surface area contributed by atoms with Crippen molar-refractivity contribution in [3.63, 3.8) is 0 Å². The van der Waals surface area contributed by atoms with Gasteiger partial charge in [0.05, 0.1) is 12.2 Å². The summed E-state index contributed by atoms with van der Waals surface area (Å²) in [6, 6.07) is 7.02. The Balaban J connectivity index is 1.73. The smallest absolute Gasteiger partial charge is 0.317 e. The van der Waals surface area contributed by atoms with Crippen molar-refractivity contribution in [3.8, 4) is 29.4 Å². The molecule has 27 heavy (non-hydrogen) atoms. The molecule has 3 rings (SSSR count). The molecule has 0 bridgehead atoms. The summed E-state index contributed by atoms with van der Waals surface area (Å²) in [5, 5.41) is 31.0. The lowest BCUT2D eigenvalue weighted by molar-refractivity contribution is -0.138. The highest BCUT2D eigenvalue weighted by atomic mass is 16.4. The Morgan fingerprint density at radius 2 is 2.22 bits per heavy atom. The Hall–Kier alpha value is -3.11. The van der Waals surface area contributed by atoms with Gasteiger partial charge in [-0.3, -0.25) is 9.69 Å². The van der Waals surface area contributed by atoms with Crippen molar-refractivity contribution in [2.24, 2.45) is 0 Å².